The van der Waals surface area contributed by atoms with Crippen molar-refractivity contribution in [3.8, 4) is 0 Å². The molecule has 7 heteroatoms. The number of aryl methyl sites for hydroxylation is 1. The van der Waals surface area contributed by atoms with Gasteiger partial charge in [-0.05, 0) is 24.8 Å². The summed E-state index contributed by atoms with van der Waals surface area (Å²) in [5.74, 6) is -1.72. The summed E-state index contributed by atoms with van der Waals surface area (Å²) in [6.45, 7) is 5.86. The molecule has 1 aromatic rings. The zero-order chi connectivity index (χ0) is 19.7. The molecule has 1 rings (SSSR count). The highest BCUT2D eigenvalue weighted by Gasteiger charge is 2.27. The van der Waals surface area contributed by atoms with E-state index >= 15 is 0 Å². The predicted molar refractivity (Wildman–Crippen MR) is 98.4 cm³/mol. The number of likely N-dealkylation sites (N-methyl/N-ethyl adjacent to an activating group) is 1. The molecule has 0 aliphatic rings. The Kier molecular flexibility index (Phi) is 8.78. The molecule has 2 atom stereocenters. The van der Waals surface area contributed by atoms with Gasteiger partial charge in [-0.25, -0.2) is 5.48 Å². The zero-order valence-electron chi connectivity index (χ0n) is 15.8. The quantitative estimate of drug-likeness (QED) is 0.392. The Hall–Kier alpha value is -2.41. The van der Waals surface area contributed by atoms with Crippen molar-refractivity contribution in [1.82, 2.24) is 16.1 Å². The standard InChI is InChI=1S/C19H29N3O4/c1-12(2)9-15(11-17(23)22-26)18(24)21-16(19(25)20-4)10-14-7-5-13(3)6-8-14/h5-8,12,15-16,26H,9-11H2,1-4H3,(H,20,25)(H,21,24)(H,22,23)/t15?,16-/m0/s1. The van der Waals surface area contributed by atoms with Crippen molar-refractivity contribution in [2.75, 3.05) is 7.05 Å². The molecule has 7 nitrogen and oxygen atoms in total. The fourth-order valence-electron chi connectivity index (χ4n) is 2.75. The Morgan fingerprint density at radius 2 is 1.69 bits per heavy atom. The average molecular weight is 363 g/mol. The van der Waals surface area contributed by atoms with Crippen molar-refractivity contribution in [3.63, 3.8) is 0 Å². The van der Waals surface area contributed by atoms with Crippen LogP contribution in [-0.2, 0) is 20.8 Å². The molecule has 0 aliphatic carbocycles. The molecule has 144 valence electrons. The number of hydroxylamine groups is 1. The third-order valence-electron chi connectivity index (χ3n) is 4.12. The van der Waals surface area contributed by atoms with Crippen molar-refractivity contribution in [2.24, 2.45) is 11.8 Å². The Labute approximate surface area is 154 Å². The van der Waals surface area contributed by atoms with Gasteiger partial charge >= 0.3 is 0 Å². The average Bonchev–Trinajstić information content (AvgIpc) is 2.61. The van der Waals surface area contributed by atoms with Gasteiger partial charge in [-0.3, -0.25) is 19.6 Å². The lowest BCUT2D eigenvalue weighted by molar-refractivity contribution is -0.136. The number of amides is 3. The van der Waals surface area contributed by atoms with Gasteiger partial charge in [-0.1, -0.05) is 43.7 Å². The second kappa shape index (κ2) is 10.6. The van der Waals surface area contributed by atoms with Crippen molar-refractivity contribution >= 4 is 17.7 Å². The molecule has 1 unspecified atom stereocenters. The molecule has 0 bridgehead atoms. The maximum atomic E-state index is 12.7. The molecule has 3 amide bonds. The highest BCUT2D eigenvalue weighted by molar-refractivity contribution is 5.90. The Morgan fingerprint density at radius 1 is 1.08 bits per heavy atom. The highest BCUT2D eigenvalue weighted by atomic mass is 16.5. The number of benzene rings is 1. The van der Waals surface area contributed by atoms with Gasteiger partial charge in [0.25, 0.3) is 0 Å². The van der Waals surface area contributed by atoms with Crippen LogP contribution in [0.15, 0.2) is 24.3 Å². The van der Waals surface area contributed by atoms with E-state index in [1.807, 2.05) is 45.0 Å². The van der Waals surface area contributed by atoms with Crippen LogP contribution < -0.4 is 16.1 Å². The molecule has 0 aromatic heterocycles. The highest BCUT2D eigenvalue weighted by Crippen LogP contribution is 2.17. The van der Waals surface area contributed by atoms with Crippen LogP contribution in [0.2, 0.25) is 0 Å². The van der Waals surface area contributed by atoms with Gasteiger partial charge in [0.15, 0.2) is 0 Å². The first-order valence-electron chi connectivity index (χ1n) is 8.77. The van der Waals surface area contributed by atoms with E-state index < -0.39 is 17.9 Å². The first-order valence-corrected chi connectivity index (χ1v) is 8.77. The van der Waals surface area contributed by atoms with E-state index in [0.29, 0.717) is 12.8 Å². The maximum absolute atomic E-state index is 12.7. The van der Waals surface area contributed by atoms with Crippen LogP contribution in [0.25, 0.3) is 0 Å². The van der Waals surface area contributed by atoms with E-state index in [1.54, 1.807) is 5.48 Å². The van der Waals surface area contributed by atoms with Crippen LogP contribution in [0.4, 0.5) is 0 Å². The molecule has 26 heavy (non-hydrogen) atoms. The largest absolute Gasteiger partial charge is 0.357 e. The van der Waals surface area contributed by atoms with Crippen molar-refractivity contribution in [3.05, 3.63) is 35.4 Å². The van der Waals surface area contributed by atoms with Crippen LogP contribution in [0.5, 0.6) is 0 Å². The number of hydrogen-bond acceptors (Lipinski definition) is 4. The lowest BCUT2D eigenvalue weighted by Gasteiger charge is -2.22. The number of rotatable bonds is 9. The second-order valence-corrected chi connectivity index (χ2v) is 6.93. The summed E-state index contributed by atoms with van der Waals surface area (Å²) in [4.78, 5) is 36.3. The molecule has 4 N–H and O–H groups in total. The molecule has 0 spiro atoms. The number of carbonyl (C=O) groups is 3. The van der Waals surface area contributed by atoms with Gasteiger partial charge in [0.2, 0.25) is 17.7 Å². The minimum absolute atomic E-state index is 0.133. The van der Waals surface area contributed by atoms with Gasteiger partial charge < -0.3 is 10.6 Å². The predicted octanol–water partition coefficient (Wildman–Crippen LogP) is 1.33. The topological polar surface area (TPSA) is 108 Å². The second-order valence-electron chi connectivity index (χ2n) is 6.93. The molecule has 0 saturated heterocycles. The van der Waals surface area contributed by atoms with Crippen LogP contribution in [0, 0.1) is 18.8 Å². The van der Waals surface area contributed by atoms with Gasteiger partial charge in [-0.15, -0.1) is 0 Å². The Morgan fingerprint density at radius 3 is 2.19 bits per heavy atom. The molecule has 0 radical (unpaired) electrons. The van der Waals surface area contributed by atoms with Gasteiger partial charge in [-0.2, -0.15) is 0 Å². The van der Waals surface area contributed by atoms with Crippen LogP contribution >= 0.6 is 0 Å². The van der Waals surface area contributed by atoms with Gasteiger partial charge in [0.1, 0.15) is 6.04 Å². The first kappa shape index (κ1) is 21.6. The van der Waals surface area contributed by atoms with E-state index in [-0.39, 0.29) is 24.2 Å². The van der Waals surface area contributed by atoms with E-state index in [4.69, 9.17) is 5.21 Å². The summed E-state index contributed by atoms with van der Waals surface area (Å²) >= 11 is 0. The summed E-state index contributed by atoms with van der Waals surface area (Å²) in [5.41, 5.74) is 3.60. The zero-order valence-corrected chi connectivity index (χ0v) is 15.8. The van der Waals surface area contributed by atoms with Crippen molar-refractivity contribution in [2.45, 2.75) is 46.1 Å². The van der Waals surface area contributed by atoms with E-state index in [1.165, 1.54) is 7.05 Å². The van der Waals surface area contributed by atoms with Gasteiger partial charge in [0.05, 0.1) is 0 Å². The van der Waals surface area contributed by atoms with E-state index in [0.717, 1.165) is 11.1 Å². The van der Waals surface area contributed by atoms with Gasteiger partial charge in [0, 0.05) is 25.8 Å². The first-order chi connectivity index (χ1) is 12.3. The Balaban J connectivity index is 2.88. The van der Waals surface area contributed by atoms with Crippen LogP contribution in [0.1, 0.15) is 37.8 Å². The van der Waals surface area contributed by atoms with Crippen LogP contribution in [-0.4, -0.2) is 36.0 Å². The molecule has 0 saturated carbocycles. The lowest BCUT2D eigenvalue weighted by Crippen LogP contribution is -2.49. The minimum Gasteiger partial charge on any atom is -0.357 e. The molecule has 0 aliphatic heterocycles. The van der Waals surface area contributed by atoms with E-state index in [9.17, 15) is 14.4 Å². The summed E-state index contributed by atoms with van der Waals surface area (Å²) in [7, 11) is 1.52. The molecule has 0 heterocycles. The minimum atomic E-state index is -0.734. The van der Waals surface area contributed by atoms with Crippen molar-refractivity contribution < 1.29 is 19.6 Å². The fraction of sp³-hybridized carbons (Fsp3) is 0.526. The summed E-state index contributed by atoms with van der Waals surface area (Å²) < 4.78 is 0. The molecule has 0 fully saturated rings. The van der Waals surface area contributed by atoms with E-state index in [2.05, 4.69) is 10.6 Å². The lowest BCUT2D eigenvalue weighted by atomic mass is 9.92. The summed E-state index contributed by atoms with van der Waals surface area (Å²) in [6.07, 6.45) is 0.696. The summed E-state index contributed by atoms with van der Waals surface area (Å²) in [5, 5.41) is 14.0. The summed E-state index contributed by atoms with van der Waals surface area (Å²) in [6, 6.07) is 7.00. The normalized spacial score (nSPS) is 13.0. The SMILES string of the molecule is CNC(=O)[C@H](Cc1ccc(C)cc1)NC(=O)C(CC(=O)NO)CC(C)C. The number of hydrogen-bond donors (Lipinski definition) is 4. The molecular weight excluding hydrogens is 334 g/mol. The Bertz CT molecular complexity index is 614. The number of carbonyl (C=O) groups excluding carboxylic acids is 3. The monoisotopic (exact) mass is 363 g/mol. The smallest absolute Gasteiger partial charge is 0.244 e. The third kappa shape index (κ3) is 7.23. The fourth-order valence-corrected chi connectivity index (χ4v) is 2.75. The van der Waals surface area contributed by atoms with Crippen molar-refractivity contribution in [1.29, 1.82) is 0 Å². The maximum Gasteiger partial charge on any atom is 0.244 e. The third-order valence-corrected chi connectivity index (χ3v) is 4.12. The van der Waals surface area contributed by atoms with Crippen LogP contribution in [0.3, 0.4) is 0 Å². The molecular formula is C19H29N3O4. The molecule has 1 aromatic carbocycles. The number of nitrogens with one attached hydrogen (secondary N) is 3.